The fourth-order valence-electron chi connectivity index (χ4n) is 2.30. The van der Waals surface area contributed by atoms with Gasteiger partial charge in [0.05, 0.1) is 22.5 Å². The average Bonchev–Trinajstić information content (AvgIpc) is 3.04. The highest BCUT2D eigenvalue weighted by Crippen LogP contribution is 2.23. The van der Waals surface area contributed by atoms with Crippen LogP contribution >= 0.6 is 11.3 Å². The van der Waals surface area contributed by atoms with Crippen molar-refractivity contribution in [2.45, 2.75) is 32.0 Å². The van der Waals surface area contributed by atoms with E-state index >= 15 is 0 Å². The summed E-state index contributed by atoms with van der Waals surface area (Å²) < 4.78 is 3.29. The molecular weight excluding hydrogens is 268 g/mol. The number of benzene rings is 1. The first kappa shape index (κ1) is 12.1. The normalized spacial score (nSPS) is 15.0. The summed E-state index contributed by atoms with van der Waals surface area (Å²) in [5.41, 5.74) is 2.31. The van der Waals surface area contributed by atoms with Crippen LogP contribution < -0.4 is 5.32 Å². The van der Waals surface area contributed by atoms with Crippen LogP contribution in [0.2, 0.25) is 0 Å². The van der Waals surface area contributed by atoms with E-state index in [4.69, 9.17) is 0 Å². The van der Waals surface area contributed by atoms with Crippen LogP contribution in [0.1, 0.15) is 23.5 Å². The van der Waals surface area contributed by atoms with Crippen LogP contribution in [0.5, 0.6) is 0 Å². The van der Waals surface area contributed by atoms with Crippen LogP contribution in [0.4, 0.5) is 0 Å². The Hall–Kier alpha value is -1.72. The van der Waals surface area contributed by atoms with Gasteiger partial charge < -0.3 is 5.32 Å². The molecule has 1 aliphatic carbocycles. The fraction of sp³-hybridized carbons (Fsp3) is 0.333. The molecule has 0 saturated heterocycles. The number of fused-ring (bicyclic) bond motifs is 1. The summed E-state index contributed by atoms with van der Waals surface area (Å²) in [6.07, 6.45) is 4.50. The number of nitrogens with one attached hydrogen (secondary N) is 1. The Balaban J connectivity index is 1.53. The van der Waals surface area contributed by atoms with E-state index in [0.29, 0.717) is 0 Å². The summed E-state index contributed by atoms with van der Waals surface area (Å²) in [6.45, 7) is 1.66. The first-order chi connectivity index (χ1) is 9.88. The van der Waals surface area contributed by atoms with Gasteiger partial charge in [0, 0.05) is 18.8 Å². The maximum atomic E-state index is 4.67. The van der Waals surface area contributed by atoms with Crippen molar-refractivity contribution in [1.29, 1.82) is 0 Å². The summed E-state index contributed by atoms with van der Waals surface area (Å²) in [4.78, 5) is 4.67. The maximum absolute atomic E-state index is 4.67. The Morgan fingerprint density at radius 2 is 2.15 bits per heavy atom. The van der Waals surface area contributed by atoms with Crippen molar-refractivity contribution in [3.63, 3.8) is 0 Å². The van der Waals surface area contributed by atoms with E-state index in [-0.39, 0.29) is 0 Å². The smallest absolute Gasteiger partial charge is 0.115 e. The molecule has 5 heteroatoms. The van der Waals surface area contributed by atoms with Crippen molar-refractivity contribution in [2.75, 3.05) is 0 Å². The Morgan fingerprint density at radius 1 is 1.25 bits per heavy atom. The van der Waals surface area contributed by atoms with Crippen LogP contribution in [0, 0.1) is 0 Å². The first-order valence-corrected chi connectivity index (χ1v) is 7.79. The Bertz CT molecular complexity index is 693. The predicted molar refractivity (Wildman–Crippen MR) is 80.8 cm³/mol. The molecule has 0 atom stereocenters. The quantitative estimate of drug-likeness (QED) is 0.783. The highest BCUT2D eigenvalue weighted by atomic mass is 32.1. The third kappa shape index (κ3) is 2.46. The van der Waals surface area contributed by atoms with Gasteiger partial charge in [0.15, 0.2) is 0 Å². The zero-order valence-electron chi connectivity index (χ0n) is 11.1. The molecule has 2 aromatic heterocycles. The van der Waals surface area contributed by atoms with Crippen molar-refractivity contribution in [3.8, 4) is 0 Å². The number of hydrogen-bond acceptors (Lipinski definition) is 4. The van der Waals surface area contributed by atoms with Gasteiger partial charge in [0.1, 0.15) is 5.01 Å². The molecule has 1 fully saturated rings. The zero-order chi connectivity index (χ0) is 13.4. The minimum Gasteiger partial charge on any atom is -0.308 e. The highest BCUT2D eigenvalue weighted by molar-refractivity contribution is 7.18. The molecule has 4 rings (SSSR count). The number of rotatable bonds is 5. The third-order valence-electron chi connectivity index (χ3n) is 3.58. The van der Waals surface area contributed by atoms with Gasteiger partial charge >= 0.3 is 0 Å². The van der Waals surface area contributed by atoms with Crippen molar-refractivity contribution in [1.82, 2.24) is 20.1 Å². The lowest BCUT2D eigenvalue weighted by Crippen LogP contribution is -2.18. The molecule has 1 aromatic carbocycles. The van der Waals surface area contributed by atoms with Gasteiger partial charge in [0.2, 0.25) is 0 Å². The molecule has 1 N–H and O–H groups in total. The van der Waals surface area contributed by atoms with E-state index in [1.807, 2.05) is 16.9 Å². The van der Waals surface area contributed by atoms with E-state index in [0.717, 1.165) is 29.7 Å². The third-order valence-corrected chi connectivity index (χ3v) is 4.60. The molecule has 0 aliphatic heterocycles. The number of nitrogens with zero attached hydrogens (tertiary/aromatic N) is 3. The minimum atomic E-state index is 0.723. The zero-order valence-corrected chi connectivity index (χ0v) is 11.9. The molecule has 0 bridgehead atoms. The van der Waals surface area contributed by atoms with Gasteiger partial charge in [-0.1, -0.05) is 12.1 Å². The topological polar surface area (TPSA) is 42.7 Å². The Kier molecular flexibility index (Phi) is 3.01. The summed E-state index contributed by atoms with van der Waals surface area (Å²) >= 11 is 1.75. The molecule has 1 saturated carbocycles. The molecule has 0 spiro atoms. The SMILES string of the molecule is c1ccc2sc(Cn3nccc3CNC3CC3)nc2c1. The van der Waals surface area contributed by atoms with Gasteiger partial charge in [-0.2, -0.15) is 5.10 Å². The van der Waals surface area contributed by atoms with Crippen LogP contribution in [0.3, 0.4) is 0 Å². The van der Waals surface area contributed by atoms with Crippen LogP contribution in [-0.2, 0) is 13.1 Å². The van der Waals surface area contributed by atoms with E-state index in [1.54, 1.807) is 11.3 Å². The second-order valence-electron chi connectivity index (χ2n) is 5.21. The number of hydrogen-bond donors (Lipinski definition) is 1. The van der Waals surface area contributed by atoms with Crippen molar-refractivity contribution >= 4 is 21.6 Å². The van der Waals surface area contributed by atoms with E-state index in [9.17, 15) is 0 Å². The van der Waals surface area contributed by atoms with Gasteiger partial charge in [-0.25, -0.2) is 4.98 Å². The molecule has 0 amide bonds. The molecule has 0 radical (unpaired) electrons. The van der Waals surface area contributed by atoms with E-state index < -0.39 is 0 Å². The molecule has 2 heterocycles. The summed E-state index contributed by atoms with van der Waals surface area (Å²) in [6, 6.07) is 11.1. The van der Waals surface area contributed by atoms with Gasteiger partial charge in [-0.15, -0.1) is 11.3 Å². The molecule has 4 nitrogen and oxygen atoms in total. The van der Waals surface area contributed by atoms with Crippen molar-refractivity contribution in [3.05, 3.63) is 47.2 Å². The van der Waals surface area contributed by atoms with Gasteiger partial charge in [0.25, 0.3) is 0 Å². The monoisotopic (exact) mass is 284 g/mol. The van der Waals surface area contributed by atoms with Gasteiger partial charge in [-0.3, -0.25) is 4.68 Å². The van der Waals surface area contributed by atoms with E-state index in [1.165, 1.54) is 23.2 Å². The number of para-hydroxylation sites is 1. The lowest BCUT2D eigenvalue weighted by molar-refractivity contribution is 0.592. The van der Waals surface area contributed by atoms with Crippen molar-refractivity contribution in [2.24, 2.45) is 0 Å². The molecule has 102 valence electrons. The second kappa shape index (κ2) is 5.00. The molecule has 3 aromatic rings. The lowest BCUT2D eigenvalue weighted by Gasteiger charge is -2.06. The molecule has 1 aliphatic rings. The molecule has 0 unspecified atom stereocenters. The lowest BCUT2D eigenvalue weighted by atomic mass is 10.3. The summed E-state index contributed by atoms with van der Waals surface area (Å²) in [7, 11) is 0. The largest absolute Gasteiger partial charge is 0.308 e. The van der Waals surface area contributed by atoms with Crippen LogP contribution in [0.25, 0.3) is 10.2 Å². The minimum absolute atomic E-state index is 0.723. The van der Waals surface area contributed by atoms with E-state index in [2.05, 4.69) is 39.7 Å². The summed E-state index contributed by atoms with van der Waals surface area (Å²) in [5.74, 6) is 0. The average molecular weight is 284 g/mol. The second-order valence-corrected chi connectivity index (χ2v) is 6.33. The van der Waals surface area contributed by atoms with Crippen LogP contribution in [0.15, 0.2) is 36.5 Å². The number of thiazole rings is 1. The van der Waals surface area contributed by atoms with Crippen molar-refractivity contribution < 1.29 is 0 Å². The standard InChI is InChI=1S/C15H16N4S/c1-2-4-14-13(3-1)18-15(20-14)10-19-12(7-8-17-19)9-16-11-5-6-11/h1-4,7-8,11,16H,5-6,9-10H2. The molecular formula is C15H16N4S. The first-order valence-electron chi connectivity index (χ1n) is 6.97. The van der Waals surface area contributed by atoms with Crippen LogP contribution in [-0.4, -0.2) is 20.8 Å². The number of aromatic nitrogens is 3. The highest BCUT2D eigenvalue weighted by Gasteiger charge is 2.20. The Morgan fingerprint density at radius 3 is 3.00 bits per heavy atom. The predicted octanol–water partition coefficient (Wildman–Crippen LogP) is 2.79. The fourth-order valence-corrected chi connectivity index (χ4v) is 3.25. The Labute approximate surface area is 121 Å². The molecule has 20 heavy (non-hydrogen) atoms. The van der Waals surface area contributed by atoms with Gasteiger partial charge in [-0.05, 0) is 31.0 Å². The maximum Gasteiger partial charge on any atom is 0.115 e. The summed E-state index contributed by atoms with van der Waals surface area (Å²) in [5, 5.41) is 9.07.